The molecule has 3 heterocycles. The lowest BCUT2D eigenvalue weighted by Gasteiger charge is -2.27. The number of hydrogen-bond donors (Lipinski definition) is 1. The molecule has 39 heavy (non-hydrogen) atoms. The van der Waals surface area contributed by atoms with Crippen molar-refractivity contribution in [1.82, 2.24) is 19.2 Å². The maximum Gasteiger partial charge on any atom is 0.295 e. The number of ketones is 1. The quantitative estimate of drug-likeness (QED) is 0.220. The largest absolute Gasteiger partial charge is 0.505 e. The summed E-state index contributed by atoms with van der Waals surface area (Å²) in [6.07, 6.45) is 2.55. The smallest absolute Gasteiger partial charge is 0.295 e. The number of aliphatic hydroxyl groups excluding tert-OH is 1. The topological polar surface area (TPSA) is 96.6 Å². The molecule has 0 radical (unpaired) electrons. The fourth-order valence-electron chi connectivity index (χ4n) is 5.26. The maximum atomic E-state index is 13.5. The Bertz CT molecular complexity index is 1410. The van der Waals surface area contributed by atoms with Crippen LogP contribution in [0.25, 0.3) is 11.4 Å². The van der Waals surface area contributed by atoms with E-state index in [1.807, 2.05) is 49.6 Å². The number of pyridine rings is 1. The van der Waals surface area contributed by atoms with E-state index in [0.29, 0.717) is 48.0 Å². The number of imidazole rings is 1. The molecule has 208 valence electrons. The first-order chi connectivity index (χ1) is 18.8. The third-order valence-electron chi connectivity index (χ3n) is 7.42. The highest BCUT2D eigenvalue weighted by molar-refractivity contribution is 6.46. The lowest BCUT2D eigenvalue weighted by molar-refractivity contribution is -0.140. The fourth-order valence-corrected chi connectivity index (χ4v) is 5.26. The number of hydrogen-bond acceptors (Lipinski definition) is 7. The van der Waals surface area contributed by atoms with Crippen molar-refractivity contribution in [3.8, 4) is 11.5 Å². The van der Waals surface area contributed by atoms with Crippen LogP contribution in [0.4, 0.5) is 0 Å². The van der Waals surface area contributed by atoms with Crippen LogP contribution in [0, 0.1) is 13.8 Å². The number of aliphatic hydroxyl groups is 1. The molecule has 1 aliphatic heterocycles. The van der Waals surface area contributed by atoms with Crippen molar-refractivity contribution in [3.63, 3.8) is 0 Å². The first-order valence-corrected chi connectivity index (χ1v) is 13.5. The van der Waals surface area contributed by atoms with Crippen molar-refractivity contribution in [2.75, 3.05) is 39.9 Å². The Morgan fingerprint density at radius 3 is 2.49 bits per heavy atom. The molecule has 3 aromatic rings. The number of fused-ring (bicyclic) bond motifs is 1. The van der Waals surface area contributed by atoms with Gasteiger partial charge in [-0.05, 0) is 76.2 Å². The Morgan fingerprint density at radius 1 is 1.10 bits per heavy atom. The minimum Gasteiger partial charge on any atom is -0.505 e. The number of likely N-dealkylation sites (tertiary alicyclic amines) is 1. The molecule has 2 aromatic heterocycles. The highest BCUT2D eigenvalue weighted by Gasteiger charge is 2.46. The van der Waals surface area contributed by atoms with Crippen LogP contribution in [0.15, 0.2) is 42.1 Å². The number of carbonyl (C=O) groups excluding carboxylic acids is 2. The second kappa shape index (κ2) is 11.9. The van der Waals surface area contributed by atoms with Gasteiger partial charge in [-0.3, -0.25) is 9.59 Å². The predicted molar refractivity (Wildman–Crippen MR) is 150 cm³/mol. The molecule has 0 bridgehead atoms. The molecule has 1 atom stereocenters. The van der Waals surface area contributed by atoms with Crippen molar-refractivity contribution < 1.29 is 24.2 Å². The molecule has 0 aliphatic carbocycles. The van der Waals surface area contributed by atoms with Gasteiger partial charge < -0.3 is 28.8 Å². The van der Waals surface area contributed by atoms with Crippen LogP contribution < -0.4 is 9.47 Å². The number of ether oxygens (including phenoxy) is 2. The summed E-state index contributed by atoms with van der Waals surface area (Å²) in [6.45, 7) is 13.3. The molecular formula is C30H38N4O5. The third kappa shape index (κ3) is 5.23. The minimum atomic E-state index is -0.795. The standard InChI is InChI=1S/C30H38N4O5/c1-7-32(8-2)15-11-17-34-26(21-13-14-22(39-9-3)23(18-21)38-6)24(28(36)30(34)37)27(35)25-20(5)33-16-10-12-19(4)29(33)31-25/h10,12-14,16,18,26,35H,7-9,11,15,17H2,1-6H3. The van der Waals surface area contributed by atoms with Gasteiger partial charge in [0, 0.05) is 12.7 Å². The lowest BCUT2D eigenvalue weighted by Crippen LogP contribution is -2.33. The Balaban J connectivity index is 1.85. The average molecular weight is 535 g/mol. The first kappa shape index (κ1) is 28.2. The van der Waals surface area contributed by atoms with Gasteiger partial charge in [-0.2, -0.15) is 0 Å². The molecule has 0 spiro atoms. The number of aromatic nitrogens is 2. The van der Waals surface area contributed by atoms with Crippen LogP contribution in [-0.4, -0.2) is 75.9 Å². The molecule has 1 aromatic carbocycles. The zero-order valence-electron chi connectivity index (χ0n) is 23.7. The first-order valence-electron chi connectivity index (χ1n) is 13.5. The monoisotopic (exact) mass is 534 g/mol. The summed E-state index contributed by atoms with van der Waals surface area (Å²) in [7, 11) is 1.55. The summed E-state index contributed by atoms with van der Waals surface area (Å²) >= 11 is 0. The molecule has 9 heteroatoms. The summed E-state index contributed by atoms with van der Waals surface area (Å²) in [5.74, 6) is -0.581. The van der Waals surface area contributed by atoms with E-state index in [1.54, 1.807) is 24.1 Å². The minimum absolute atomic E-state index is 0.0261. The van der Waals surface area contributed by atoms with Crippen molar-refractivity contribution >= 4 is 23.1 Å². The number of rotatable bonds is 11. The zero-order chi connectivity index (χ0) is 28.3. The van der Waals surface area contributed by atoms with Crippen LogP contribution in [-0.2, 0) is 9.59 Å². The molecule has 1 saturated heterocycles. The SMILES string of the molecule is CCOc1ccc(C2C(=C(O)c3nc4c(C)cccn4c3C)C(=O)C(=O)N2CCCN(CC)CC)cc1OC. The van der Waals surface area contributed by atoms with Gasteiger partial charge in [-0.15, -0.1) is 0 Å². The van der Waals surface area contributed by atoms with Gasteiger partial charge in [0.15, 0.2) is 17.3 Å². The van der Waals surface area contributed by atoms with Gasteiger partial charge in [-0.1, -0.05) is 26.0 Å². The highest BCUT2D eigenvalue weighted by Crippen LogP contribution is 2.42. The van der Waals surface area contributed by atoms with E-state index in [2.05, 4.69) is 23.7 Å². The van der Waals surface area contributed by atoms with Gasteiger partial charge in [0.25, 0.3) is 11.7 Å². The van der Waals surface area contributed by atoms with E-state index in [0.717, 1.165) is 25.2 Å². The predicted octanol–water partition coefficient (Wildman–Crippen LogP) is 4.51. The van der Waals surface area contributed by atoms with E-state index in [-0.39, 0.29) is 17.0 Å². The Kier molecular flexibility index (Phi) is 8.60. The van der Waals surface area contributed by atoms with Crippen molar-refractivity contribution in [2.24, 2.45) is 0 Å². The van der Waals surface area contributed by atoms with Crippen molar-refractivity contribution in [2.45, 2.75) is 47.1 Å². The molecule has 9 nitrogen and oxygen atoms in total. The van der Waals surface area contributed by atoms with Gasteiger partial charge in [0.2, 0.25) is 0 Å². The number of nitrogens with zero attached hydrogens (tertiary/aromatic N) is 4. The summed E-state index contributed by atoms with van der Waals surface area (Å²) in [6, 6.07) is 8.40. The van der Waals surface area contributed by atoms with E-state index in [1.165, 1.54) is 0 Å². The molecule has 0 saturated carbocycles. The molecule has 4 rings (SSSR count). The summed E-state index contributed by atoms with van der Waals surface area (Å²) in [4.78, 5) is 35.5. The van der Waals surface area contributed by atoms with Crippen molar-refractivity contribution in [3.05, 3.63) is 64.6 Å². The fraction of sp³-hybridized carbons (Fsp3) is 0.433. The Hall–Kier alpha value is -3.85. The van der Waals surface area contributed by atoms with Crippen LogP contribution in [0.3, 0.4) is 0 Å². The van der Waals surface area contributed by atoms with Gasteiger partial charge in [-0.25, -0.2) is 4.98 Å². The van der Waals surface area contributed by atoms with Crippen LogP contribution in [0.2, 0.25) is 0 Å². The second-order valence-electron chi connectivity index (χ2n) is 9.65. The molecule has 1 unspecified atom stereocenters. The number of Topliss-reactive ketones (excluding diaryl/α,β-unsaturated/α-hetero) is 1. The number of aryl methyl sites for hydroxylation is 2. The maximum absolute atomic E-state index is 13.5. The van der Waals surface area contributed by atoms with E-state index >= 15 is 0 Å². The van der Waals surface area contributed by atoms with Crippen LogP contribution in [0.5, 0.6) is 11.5 Å². The van der Waals surface area contributed by atoms with E-state index < -0.39 is 17.7 Å². The Labute approximate surface area is 229 Å². The highest BCUT2D eigenvalue weighted by atomic mass is 16.5. The third-order valence-corrected chi connectivity index (χ3v) is 7.42. The normalized spacial score (nSPS) is 17.0. The summed E-state index contributed by atoms with van der Waals surface area (Å²) in [5, 5.41) is 11.6. The van der Waals surface area contributed by atoms with E-state index in [4.69, 9.17) is 9.47 Å². The Morgan fingerprint density at radius 2 is 1.85 bits per heavy atom. The molecule has 1 fully saturated rings. The number of carbonyl (C=O) groups is 2. The summed E-state index contributed by atoms with van der Waals surface area (Å²) in [5.41, 5.74) is 3.26. The van der Waals surface area contributed by atoms with Gasteiger partial charge in [0.1, 0.15) is 11.3 Å². The van der Waals surface area contributed by atoms with Crippen LogP contribution in [0.1, 0.15) is 55.7 Å². The number of benzene rings is 1. The zero-order valence-corrected chi connectivity index (χ0v) is 23.7. The molecule has 1 amide bonds. The van der Waals surface area contributed by atoms with Gasteiger partial charge >= 0.3 is 0 Å². The molecular weight excluding hydrogens is 496 g/mol. The molecule has 1 N–H and O–H groups in total. The van der Waals surface area contributed by atoms with Crippen LogP contribution >= 0.6 is 0 Å². The van der Waals surface area contributed by atoms with Crippen molar-refractivity contribution in [1.29, 1.82) is 0 Å². The second-order valence-corrected chi connectivity index (χ2v) is 9.65. The number of amides is 1. The summed E-state index contributed by atoms with van der Waals surface area (Å²) < 4.78 is 13.1. The van der Waals surface area contributed by atoms with Gasteiger partial charge in [0.05, 0.1) is 31.0 Å². The van der Waals surface area contributed by atoms with E-state index in [9.17, 15) is 14.7 Å². The molecule has 1 aliphatic rings. The average Bonchev–Trinajstić information content (AvgIpc) is 3.41. The lowest BCUT2D eigenvalue weighted by atomic mass is 9.96. The number of methoxy groups -OCH3 is 1.